The summed E-state index contributed by atoms with van der Waals surface area (Å²) in [5, 5.41) is 2.80. The van der Waals surface area contributed by atoms with Crippen LogP contribution >= 0.6 is 0 Å². The third kappa shape index (κ3) is 8.64. The van der Waals surface area contributed by atoms with Gasteiger partial charge >= 0.3 is 6.18 Å². The standard InChI is InChI=1S/C26H34F3N3O5S/c1-5-7-14-30-25(34)23(6-2)31(17-19-10-8-13-22(15-19)37-3)24(33)18-32(38(4,35)36)21-12-9-11-20(16-21)26(27,28)29/h8-13,15-16,23H,5-7,14,17-18H2,1-4H3,(H,30,34)/t23-/m0/s1. The van der Waals surface area contributed by atoms with E-state index in [1.165, 1.54) is 18.1 Å². The van der Waals surface area contributed by atoms with Crippen LogP contribution in [0.2, 0.25) is 0 Å². The van der Waals surface area contributed by atoms with E-state index in [1.54, 1.807) is 31.2 Å². The van der Waals surface area contributed by atoms with Crippen LogP contribution in [0.4, 0.5) is 18.9 Å². The Kier molecular flexibility index (Phi) is 11.0. The van der Waals surface area contributed by atoms with E-state index in [4.69, 9.17) is 4.74 Å². The van der Waals surface area contributed by atoms with Crippen LogP contribution in [0.3, 0.4) is 0 Å². The van der Waals surface area contributed by atoms with Crippen molar-refractivity contribution in [1.29, 1.82) is 0 Å². The molecule has 2 aromatic carbocycles. The summed E-state index contributed by atoms with van der Waals surface area (Å²) in [6.45, 7) is 3.26. The second-order valence-electron chi connectivity index (χ2n) is 8.76. The molecule has 1 N–H and O–H groups in total. The maximum atomic E-state index is 13.6. The molecule has 0 fully saturated rings. The van der Waals surface area contributed by atoms with Gasteiger partial charge in [0.25, 0.3) is 0 Å². The summed E-state index contributed by atoms with van der Waals surface area (Å²) < 4.78 is 71.0. The maximum Gasteiger partial charge on any atom is 0.416 e. The van der Waals surface area contributed by atoms with Gasteiger partial charge in [0.1, 0.15) is 18.3 Å². The van der Waals surface area contributed by atoms with Crippen LogP contribution in [-0.2, 0) is 32.3 Å². The SMILES string of the molecule is CCCCNC(=O)[C@H](CC)N(Cc1cccc(OC)c1)C(=O)CN(c1cccc(C(F)(F)F)c1)S(C)(=O)=O. The van der Waals surface area contributed by atoms with Gasteiger partial charge in [-0.25, -0.2) is 8.42 Å². The molecular weight excluding hydrogens is 523 g/mol. The molecule has 0 unspecified atom stereocenters. The number of nitrogens with zero attached hydrogens (tertiary/aromatic N) is 2. The molecule has 2 aromatic rings. The Morgan fingerprint density at radius 1 is 1.08 bits per heavy atom. The molecule has 1 atom stereocenters. The number of hydrogen-bond acceptors (Lipinski definition) is 5. The molecule has 0 aromatic heterocycles. The Morgan fingerprint density at radius 2 is 1.76 bits per heavy atom. The Bertz CT molecular complexity index is 1200. The molecule has 0 radical (unpaired) electrons. The van der Waals surface area contributed by atoms with Gasteiger partial charge in [-0.1, -0.05) is 38.5 Å². The fraction of sp³-hybridized carbons (Fsp3) is 0.462. The first-order chi connectivity index (χ1) is 17.8. The van der Waals surface area contributed by atoms with Gasteiger partial charge in [-0.2, -0.15) is 13.2 Å². The number of rotatable bonds is 13. The molecule has 2 amide bonds. The van der Waals surface area contributed by atoms with E-state index >= 15 is 0 Å². The van der Waals surface area contributed by atoms with Gasteiger partial charge in [0.15, 0.2) is 0 Å². The lowest BCUT2D eigenvalue weighted by Gasteiger charge is -2.33. The number of carbonyl (C=O) groups is 2. The highest BCUT2D eigenvalue weighted by atomic mass is 32.2. The average molecular weight is 558 g/mol. The van der Waals surface area contributed by atoms with Gasteiger partial charge in [0, 0.05) is 13.1 Å². The van der Waals surface area contributed by atoms with Crippen LogP contribution in [0.15, 0.2) is 48.5 Å². The molecule has 8 nitrogen and oxygen atoms in total. The number of methoxy groups -OCH3 is 1. The number of anilines is 1. The van der Waals surface area contributed by atoms with E-state index in [1.807, 2.05) is 6.92 Å². The second kappa shape index (κ2) is 13.5. The Morgan fingerprint density at radius 3 is 2.34 bits per heavy atom. The number of alkyl halides is 3. The molecule has 0 saturated heterocycles. The minimum atomic E-state index is -4.70. The van der Waals surface area contributed by atoms with Crippen molar-refractivity contribution >= 4 is 27.5 Å². The smallest absolute Gasteiger partial charge is 0.416 e. The lowest BCUT2D eigenvalue weighted by Crippen LogP contribution is -2.52. The van der Waals surface area contributed by atoms with E-state index in [9.17, 15) is 31.2 Å². The highest BCUT2D eigenvalue weighted by Crippen LogP contribution is 2.32. The minimum Gasteiger partial charge on any atom is -0.497 e. The molecule has 0 aliphatic carbocycles. The fourth-order valence-electron chi connectivity index (χ4n) is 3.84. The van der Waals surface area contributed by atoms with Crippen molar-refractivity contribution in [3.05, 3.63) is 59.7 Å². The first-order valence-corrected chi connectivity index (χ1v) is 14.0. The number of hydrogen-bond donors (Lipinski definition) is 1. The van der Waals surface area contributed by atoms with Crippen LogP contribution in [0, 0.1) is 0 Å². The largest absolute Gasteiger partial charge is 0.497 e. The van der Waals surface area contributed by atoms with Crippen molar-refractivity contribution in [2.45, 2.75) is 51.9 Å². The molecule has 0 heterocycles. The normalized spacial score (nSPS) is 12.5. The van der Waals surface area contributed by atoms with Gasteiger partial charge in [0.2, 0.25) is 21.8 Å². The van der Waals surface area contributed by atoms with Crippen LogP contribution < -0.4 is 14.4 Å². The second-order valence-corrected chi connectivity index (χ2v) is 10.7. The van der Waals surface area contributed by atoms with E-state index in [0.29, 0.717) is 28.2 Å². The predicted molar refractivity (Wildman–Crippen MR) is 139 cm³/mol. The molecule has 0 bridgehead atoms. The third-order valence-corrected chi connectivity index (χ3v) is 6.98. The molecule has 12 heteroatoms. The summed E-state index contributed by atoms with van der Waals surface area (Å²) in [6.07, 6.45) is -2.07. The van der Waals surface area contributed by atoms with Gasteiger partial charge in [-0.3, -0.25) is 13.9 Å². The van der Waals surface area contributed by atoms with Crippen molar-refractivity contribution in [3.63, 3.8) is 0 Å². The van der Waals surface area contributed by atoms with Crippen LogP contribution in [0.1, 0.15) is 44.2 Å². The Balaban J connectivity index is 2.47. The lowest BCUT2D eigenvalue weighted by atomic mass is 10.1. The monoisotopic (exact) mass is 557 g/mol. The molecule has 0 aliphatic rings. The highest BCUT2D eigenvalue weighted by Gasteiger charge is 2.34. The zero-order chi connectivity index (χ0) is 28.5. The predicted octanol–water partition coefficient (Wildman–Crippen LogP) is 4.20. The summed E-state index contributed by atoms with van der Waals surface area (Å²) >= 11 is 0. The summed E-state index contributed by atoms with van der Waals surface area (Å²) in [5.41, 5.74) is -0.731. The average Bonchev–Trinajstić information content (AvgIpc) is 2.86. The highest BCUT2D eigenvalue weighted by molar-refractivity contribution is 7.92. The van der Waals surface area contributed by atoms with E-state index in [-0.39, 0.29) is 18.7 Å². The van der Waals surface area contributed by atoms with Gasteiger partial charge in [-0.05, 0) is 48.7 Å². The Labute approximate surface area is 221 Å². The third-order valence-electron chi connectivity index (χ3n) is 5.84. The number of nitrogens with one attached hydrogen (secondary N) is 1. The van der Waals surface area contributed by atoms with Crippen molar-refractivity contribution < 1.29 is 35.9 Å². The first kappa shape index (κ1) is 30.9. The van der Waals surface area contributed by atoms with E-state index < -0.39 is 46.2 Å². The zero-order valence-electron chi connectivity index (χ0n) is 21.9. The molecule has 2 rings (SSSR count). The summed E-state index contributed by atoms with van der Waals surface area (Å²) in [5.74, 6) is -0.618. The summed E-state index contributed by atoms with van der Waals surface area (Å²) in [6, 6.07) is 9.65. The summed E-state index contributed by atoms with van der Waals surface area (Å²) in [7, 11) is -2.68. The molecule has 0 saturated carbocycles. The quantitative estimate of drug-likeness (QED) is 0.373. The van der Waals surface area contributed by atoms with E-state index in [0.717, 1.165) is 31.2 Å². The van der Waals surface area contributed by atoms with Gasteiger partial charge < -0.3 is 15.0 Å². The number of benzene rings is 2. The number of carbonyl (C=O) groups excluding carboxylic acids is 2. The molecule has 210 valence electrons. The number of ether oxygens (including phenoxy) is 1. The van der Waals surface area contributed by atoms with Crippen molar-refractivity contribution in [2.24, 2.45) is 0 Å². The van der Waals surface area contributed by atoms with Crippen LogP contribution in [0.25, 0.3) is 0 Å². The van der Waals surface area contributed by atoms with Crippen LogP contribution in [0.5, 0.6) is 5.75 Å². The fourth-order valence-corrected chi connectivity index (χ4v) is 4.69. The van der Waals surface area contributed by atoms with E-state index in [2.05, 4.69) is 5.32 Å². The molecular formula is C26H34F3N3O5S. The van der Waals surface area contributed by atoms with Crippen molar-refractivity contribution in [1.82, 2.24) is 10.2 Å². The molecule has 0 aliphatic heterocycles. The lowest BCUT2D eigenvalue weighted by molar-refractivity contribution is -0.140. The number of unbranched alkanes of at least 4 members (excludes halogenated alkanes) is 1. The van der Waals surface area contributed by atoms with Crippen molar-refractivity contribution in [2.75, 3.05) is 30.8 Å². The summed E-state index contributed by atoms with van der Waals surface area (Å²) in [4.78, 5) is 27.9. The van der Waals surface area contributed by atoms with Gasteiger partial charge in [0.05, 0.1) is 24.6 Å². The van der Waals surface area contributed by atoms with Crippen LogP contribution in [-0.4, -0.2) is 57.6 Å². The topological polar surface area (TPSA) is 96.0 Å². The number of halogens is 3. The minimum absolute atomic E-state index is 0.0457. The number of amides is 2. The first-order valence-electron chi connectivity index (χ1n) is 12.2. The van der Waals surface area contributed by atoms with Crippen molar-refractivity contribution in [3.8, 4) is 5.75 Å². The maximum absolute atomic E-state index is 13.6. The Hall–Kier alpha value is -3.28. The van der Waals surface area contributed by atoms with Gasteiger partial charge in [-0.15, -0.1) is 0 Å². The zero-order valence-corrected chi connectivity index (χ0v) is 22.7. The number of sulfonamides is 1. The molecule has 38 heavy (non-hydrogen) atoms. The molecule has 0 spiro atoms.